The molecule has 118 valence electrons. The van der Waals surface area contributed by atoms with Crippen molar-refractivity contribution < 1.29 is 19.1 Å². The first-order chi connectivity index (χ1) is 11.1. The first-order valence-electron chi connectivity index (χ1n) is 6.85. The fourth-order valence-electron chi connectivity index (χ4n) is 2.07. The molecule has 0 radical (unpaired) electrons. The molecule has 1 heterocycles. The third-order valence-electron chi connectivity index (χ3n) is 3.23. The average molecular weight is 377 g/mol. The summed E-state index contributed by atoms with van der Waals surface area (Å²) in [7, 11) is 0. The summed E-state index contributed by atoms with van der Waals surface area (Å²) < 4.78 is 11.3. The Bertz CT molecular complexity index is 746. The third kappa shape index (κ3) is 3.81. The van der Waals surface area contributed by atoms with Gasteiger partial charge in [0.15, 0.2) is 11.5 Å². The molecule has 6 nitrogen and oxygen atoms in total. The first kappa shape index (κ1) is 15.4. The Balaban J connectivity index is 1.54. The first-order valence-corrected chi connectivity index (χ1v) is 7.64. The maximum atomic E-state index is 12.0. The van der Waals surface area contributed by atoms with Crippen LogP contribution in [-0.4, -0.2) is 18.6 Å². The number of hydrogen-bond donors (Lipinski definition) is 2. The van der Waals surface area contributed by atoms with Crippen molar-refractivity contribution in [3.8, 4) is 11.5 Å². The smallest absolute Gasteiger partial charge is 0.269 e. The average Bonchev–Trinajstić information content (AvgIpc) is 3.02. The van der Waals surface area contributed by atoms with E-state index in [1.54, 1.807) is 18.2 Å². The summed E-state index contributed by atoms with van der Waals surface area (Å²) in [5.74, 6) is 0.383. The highest BCUT2D eigenvalue weighted by atomic mass is 79.9. The molecular weight excluding hydrogens is 364 g/mol. The molecule has 0 spiro atoms. The number of rotatable bonds is 3. The second-order valence-corrected chi connectivity index (χ2v) is 5.79. The Morgan fingerprint density at radius 3 is 2.52 bits per heavy atom. The highest BCUT2D eigenvalue weighted by molar-refractivity contribution is 9.10. The van der Waals surface area contributed by atoms with Crippen LogP contribution in [0, 0.1) is 0 Å². The van der Waals surface area contributed by atoms with E-state index in [2.05, 4.69) is 26.8 Å². The van der Waals surface area contributed by atoms with E-state index in [0.717, 1.165) is 10.0 Å². The number of hydrogen-bond acceptors (Lipinski definition) is 4. The van der Waals surface area contributed by atoms with Crippen molar-refractivity contribution in [2.75, 3.05) is 6.79 Å². The zero-order valence-electron chi connectivity index (χ0n) is 12.0. The van der Waals surface area contributed by atoms with Crippen LogP contribution in [0.3, 0.4) is 0 Å². The molecule has 0 aromatic heterocycles. The second-order valence-electron chi connectivity index (χ2n) is 4.87. The standard InChI is InChI=1S/C16H13BrN2O4/c17-12-4-1-10(2-5-12)7-15(20)18-19-16(21)11-3-6-13-14(8-11)23-9-22-13/h1-6,8H,7,9H2,(H,18,20)(H,19,21). The molecule has 0 fully saturated rings. The van der Waals surface area contributed by atoms with Crippen molar-refractivity contribution in [3.63, 3.8) is 0 Å². The zero-order valence-corrected chi connectivity index (χ0v) is 13.6. The largest absolute Gasteiger partial charge is 0.454 e. The lowest BCUT2D eigenvalue weighted by molar-refractivity contribution is -0.121. The molecule has 1 aliphatic rings. The summed E-state index contributed by atoms with van der Waals surface area (Å²) in [6, 6.07) is 12.2. The number of hydrazine groups is 1. The topological polar surface area (TPSA) is 76.7 Å². The monoisotopic (exact) mass is 376 g/mol. The van der Waals surface area contributed by atoms with Gasteiger partial charge in [-0.3, -0.25) is 20.4 Å². The fraction of sp³-hybridized carbons (Fsp3) is 0.125. The van der Waals surface area contributed by atoms with Gasteiger partial charge in [0.05, 0.1) is 6.42 Å². The van der Waals surface area contributed by atoms with Crippen LogP contribution < -0.4 is 20.3 Å². The predicted octanol–water partition coefficient (Wildman–Crippen LogP) is 2.18. The van der Waals surface area contributed by atoms with Crippen LogP contribution >= 0.6 is 15.9 Å². The Morgan fingerprint density at radius 1 is 1.00 bits per heavy atom. The summed E-state index contributed by atoms with van der Waals surface area (Å²) in [5, 5.41) is 0. The van der Waals surface area contributed by atoms with E-state index >= 15 is 0 Å². The summed E-state index contributed by atoms with van der Waals surface area (Å²) in [5.41, 5.74) is 5.99. The Labute approximate surface area is 140 Å². The lowest BCUT2D eigenvalue weighted by Crippen LogP contribution is -2.42. The number of halogens is 1. The van der Waals surface area contributed by atoms with Gasteiger partial charge in [-0.1, -0.05) is 28.1 Å². The molecule has 0 unspecified atom stereocenters. The highest BCUT2D eigenvalue weighted by Gasteiger charge is 2.16. The van der Waals surface area contributed by atoms with Crippen molar-refractivity contribution in [1.29, 1.82) is 0 Å². The van der Waals surface area contributed by atoms with Crippen molar-refractivity contribution in [3.05, 3.63) is 58.1 Å². The van der Waals surface area contributed by atoms with Crippen LogP contribution in [0.25, 0.3) is 0 Å². The summed E-state index contributed by atoms with van der Waals surface area (Å²) in [6.07, 6.45) is 0.175. The molecular formula is C16H13BrN2O4. The maximum Gasteiger partial charge on any atom is 0.269 e. The zero-order chi connectivity index (χ0) is 16.2. The van der Waals surface area contributed by atoms with Gasteiger partial charge in [0.25, 0.3) is 5.91 Å². The molecule has 7 heteroatoms. The number of nitrogens with one attached hydrogen (secondary N) is 2. The highest BCUT2D eigenvalue weighted by Crippen LogP contribution is 2.32. The molecule has 2 aromatic carbocycles. The normalized spacial score (nSPS) is 11.9. The van der Waals surface area contributed by atoms with Crippen molar-refractivity contribution in [2.45, 2.75) is 6.42 Å². The fourth-order valence-corrected chi connectivity index (χ4v) is 2.33. The van der Waals surface area contributed by atoms with Gasteiger partial charge in [0.1, 0.15) is 0 Å². The van der Waals surface area contributed by atoms with Crippen LogP contribution in [0.4, 0.5) is 0 Å². The minimum Gasteiger partial charge on any atom is -0.454 e. The van der Waals surface area contributed by atoms with Crippen LogP contribution in [0.5, 0.6) is 11.5 Å². The number of amides is 2. The van der Waals surface area contributed by atoms with E-state index in [0.29, 0.717) is 17.1 Å². The minimum absolute atomic E-state index is 0.143. The molecule has 0 saturated carbocycles. The number of ether oxygens (including phenoxy) is 2. The molecule has 3 rings (SSSR count). The summed E-state index contributed by atoms with van der Waals surface area (Å²) in [6.45, 7) is 0.143. The van der Waals surface area contributed by atoms with Gasteiger partial charge in [-0.2, -0.15) is 0 Å². The summed E-state index contributed by atoms with van der Waals surface area (Å²) >= 11 is 3.33. The van der Waals surface area contributed by atoms with Crippen molar-refractivity contribution in [1.82, 2.24) is 10.9 Å². The molecule has 2 N–H and O–H groups in total. The number of carbonyl (C=O) groups is 2. The van der Waals surface area contributed by atoms with Gasteiger partial charge < -0.3 is 9.47 Å². The lowest BCUT2D eigenvalue weighted by Gasteiger charge is -2.08. The van der Waals surface area contributed by atoms with E-state index in [9.17, 15) is 9.59 Å². The van der Waals surface area contributed by atoms with Crippen LogP contribution in [0.15, 0.2) is 46.9 Å². The quantitative estimate of drug-likeness (QED) is 0.804. The van der Waals surface area contributed by atoms with Crippen LogP contribution in [0.2, 0.25) is 0 Å². The van der Waals surface area contributed by atoms with Gasteiger partial charge in [-0.25, -0.2) is 0 Å². The molecule has 2 amide bonds. The van der Waals surface area contributed by atoms with E-state index in [-0.39, 0.29) is 19.1 Å². The van der Waals surface area contributed by atoms with Gasteiger partial charge in [0, 0.05) is 10.0 Å². The molecule has 0 atom stereocenters. The Kier molecular flexibility index (Phi) is 4.47. The molecule has 23 heavy (non-hydrogen) atoms. The van der Waals surface area contributed by atoms with Crippen LogP contribution in [-0.2, 0) is 11.2 Å². The molecule has 1 aliphatic heterocycles. The Morgan fingerprint density at radius 2 is 1.74 bits per heavy atom. The molecule has 2 aromatic rings. The van der Waals surface area contributed by atoms with E-state index < -0.39 is 5.91 Å². The second kappa shape index (κ2) is 6.70. The van der Waals surface area contributed by atoms with E-state index in [4.69, 9.17) is 9.47 Å². The van der Waals surface area contributed by atoms with Gasteiger partial charge in [-0.05, 0) is 35.9 Å². The number of benzene rings is 2. The number of carbonyl (C=O) groups excluding carboxylic acids is 2. The van der Waals surface area contributed by atoms with Gasteiger partial charge in [0.2, 0.25) is 12.7 Å². The van der Waals surface area contributed by atoms with Gasteiger partial charge >= 0.3 is 0 Å². The van der Waals surface area contributed by atoms with Crippen molar-refractivity contribution >= 4 is 27.7 Å². The number of fused-ring (bicyclic) bond motifs is 1. The predicted molar refractivity (Wildman–Crippen MR) is 86.0 cm³/mol. The van der Waals surface area contributed by atoms with Crippen LogP contribution in [0.1, 0.15) is 15.9 Å². The molecule has 0 saturated heterocycles. The SMILES string of the molecule is O=C(Cc1ccc(Br)cc1)NNC(=O)c1ccc2c(c1)OCO2. The van der Waals surface area contributed by atoms with Gasteiger partial charge in [-0.15, -0.1) is 0 Å². The molecule has 0 bridgehead atoms. The van der Waals surface area contributed by atoms with E-state index in [1.807, 2.05) is 24.3 Å². The summed E-state index contributed by atoms with van der Waals surface area (Å²) in [4.78, 5) is 23.9. The van der Waals surface area contributed by atoms with Crippen molar-refractivity contribution in [2.24, 2.45) is 0 Å². The molecule has 0 aliphatic carbocycles. The lowest BCUT2D eigenvalue weighted by atomic mass is 10.1. The minimum atomic E-state index is -0.424. The maximum absolute atomic E-state index is 12.0. The Hall–Kier alpha value is -2.54. The third-order valence-corrected chi connectivity index (χ3v) is 3.76. The van der Waals surface area contributed by atoms with E-state index in [1.165, 1.54) is 0 Å².